The van der Waals surface area contributed by atoms with E-state index in [-0.39, 0.29) is 24.5 Å². The summed E-state index contributed by atoms with van der Waals surface area (Å²) < 4.78 is 94.5. The maximum atomic E-state index is 13.7. The molecule has 0 saturated heterocycles. The van der Waals surface area contributed by atoms with Gasteiger partial charge in [0, 0.05) is 55.3 Å². The van der Waals surface area contributed by atoms with Gasteiger partial charge in [0.2, 0.25) is 11.4 Å². The second-order valence-electron chi connectivity index (χ2n) is 13.2. The Morgan fingerprint density at radius 2 is 1.28 bits per heavy atom. The largest absolute Gasteiger partial charge is 0.416 e. The van der Waals surface area contributed by atoms with Crippen LogP contribution in [0.2, 0.25) is 0 Å². The van der Waals surface area contributed by atoms with Gasteiger partial charge in [-0.2, -0.15) is 26.3 Å². The monoisotopic (exact) mass is 784 g/mol. The molecule has 0 fully saturated rings. The average Bonchev–Trinajstić information content (AvgIpc) is 3.99. The second-order valence-corrected chi connectivity index (χ2v) is 13.2. The van der Waals surface area contributed by atoms with Crippen molar-refractivity contribution in [3.05, 3.63) is 155 Å². The molecule has 2 amide bonds. The highest BCUT2D eigenvalue weighted by Crippen LogP contribution is 2.33. The van der Waals surface area contributed by atoms with Crippen molar-refractivity contribution < 1.29 is 49.5 Å². The molecule has 8 aromatic rings. The molecular formula is C40H28F6N7O4+. The molecule has 0 radical (unpaired) electrons. The highest BCUT2D eigenvalue weighted by atomic mass is 19.4. The molecule has 0 aliphatic rings. The van der Waals surface area contributed by atoms with E-state index in [1.54, 1.807) is 52.7 Å². The molecule has 288 valence electrons. The Hall–Kier alpha value is -7.17. The number of anilines is 2. The summed E-state index contributed by atoms with van der Waals surface area (Å²) >= 11 is 0. The lowest BCUT2D eigenvalue weighted by Gasteiger charge is -2.09. The predicted molar refractivity (Wildman–Crippen MR) is 194 cm³/mol. The molecule has 4 heterocycles. The first-order valence-corrected chi connectivity index (χ1v) is 17.2. The van der Waals surface area contributed by atoms with Gasteiger partial charge < -0.3 is 24.2 Å². The number of carbonyl (C=O) groups is 2. The highest BCUT2D eigenvalue weighted by Gasteiger charge is 2.31. The van der Waals surface area contributed by atoms with Crippen molar-refractivity contribution in [2.45, 2.75) is 32.4 Å². The molecule has 57 heavy (non-hydrogen) atoms. The molecule has 4 aromatic heterocycles. The van der Waals surface area contributed by atoms with E-state index < -0.39 is 35.3 Å². The Morgan fingerprint density at radius 3 is 1.86 bits per heavy atom. The fraction of sp³-hybridized carbons (Fsp3) is 0.125. The number of rotatable bonds is 9. The molecular weight excluding hydrogens is 756 g/mol. The van der Waals surface area contributed by atoms with E-state index in [4.69, 9.17) is 4.42 Å². The minimum Gasteiger partial charge on any atom is -0.398 e. The van der Waals surface area contributed by atoms with Crippen molar-refractivity contribution in [1.82, 2.24) is 19.4 Å². The third-order valence-electron chi connectivity index (χ3n) is 9.46. The average molecular weight is 785 g/mol. The lowest BCUT2D eigenvalue weighted by atomic mass is 10.1. The third kappa shape index (κ3) is 7.33. The van der Waals surface area contributed by atoms with Crippen molar-refractivity contribution in [2.75, 3.05) is 10.6 Å². The molecule has 8 rings (SSSR count). The molecule has 0 unspecified atom stereocenters. The number of aromatic nitrogens is 5. The maximum Gasteiger partial charge on any atom is 0.416 e. The smallest absolute Gasteiger partial charge is 0.398 e. The van der Waals surface area contributed by atoms with Gasteiger partial charge in [0.15, 0.2) is 5.69 Å². The fourth-order valence-electron chi connectivity index (χ4n) is 6.62. The van der Waals surface area contributed by atoms with E-state index in [1.807, 2.05) is 22.8 Å². The third-order valence-corrected chi connectivity index (χ3v) is 9.46. The Balaban J connectivity index is 1.08. The quantitative estimate of drug-likeness (QED) is 0.111. The number of nitrogens with one attached hydrogen (secondary N) is 2. The second kappa shape index (κ2) is 14.2. The number of para-hydroxylation sites is 1. The zero-order chi connectivity index (χ0) is 40.1. The number of carbonyl (C=O) groups excluding carboxylic acids is 2. The number of alkyl halides is 6. The molecule has 0 spiro atoms. The van der Waals surface area contributed by atoms with Crippen LogP contribution in [-0.4, -0.2) is 31.3 Å². The van der Waals surface area contributed by atoms with E-state index in [0.29, 0.717) is 50.2 Å². The van der Waals surface area contributed by atoms with Crippen molar-refractivity contribution in [3.8, 4) is 5.69 Å². The van der Waals surface area contributed by atoms with Gasteiger partial charge in [-0.3, -0.25) is 9.59 Å². The lowest BCUT2D eigenvalue weighted by molar-refractivity contribution is -0.605. The molecule has 0 saturated carbocycles. The van der Waals surface area contributed by atoms with Gasteiger partial charge >= 0.3 is 18.7 Å². The summed E-state index contributed by atoms with van der Waals surface area (Å²) in [5, 5.41) is 14.0. The highest BCUT2D eigenvalue weighted by molar-refractivity contribution is 6.09. The van der Waals surface area contributed by atoms with E-state index in [9.17, 15) is 35.9 Å². The first-order chi connectivity index (χ1) is 27.2. The first kappa shape index (κ1) is 36.8. The zero-order valence-electron chi connectivity index (χ0n) is 29.5. The van der Waals surface area contributed by atoms with Crippen molar-refractivity contribution in [3.63, 3.8) is 0 Å². The standard InChI is InChI=1S/C40H27F6N7O4/c1-23-36(38(55)49-32-20-51(34-5-3-2-4-29(32)34)18-24-6-10-26(11-7-24)39(41,42)43)56-22-53(23)28-14-15-35-30(16-28)33(48-37(54)31-17-47-57-50-31)21-52(35)19-25-8-12-27(13-9-25)40(44,45)46/h2-17,20-22H,18-19H2,1H3,(H-,48,49,54,55)/p+1. The number of hydrogen-bond acceptors (Lipinski definition) is 6. The van der Waals surface area contributed by atoms with Gasteiger partial charge in [0.1, 0.15) is 6.20 Å². The summed E-state index contributed by atoms with van der Waals surface area (Å²) in [6.07, 6.45) is -3.06. The molecule has 0 aliphatic heterocycles. The number of oxazole rings is 1. The normalized spacial score (nSPS) is 12.1. The van der Waals surface area contributed by atoms with Crippen LogP contribution in [0, 0.1) is 6.92 Å². The Kier molecular flexibility index (Phi) is 9.14. The molecule has 0 bridgehead atoms. The minimum atomic E-state index is -4.48. The van der Waals surface area contributed by atoms with Gasteiger partial charge in [0.05, 0.1) is 33.5 Å². The van der Waals surface area contributed by atoms with Crippen LogP contribution in [0.5, 0.6) is 0 Å². The van der Waals surface area contributed by atoms with Crippen LogP contribution in [0.1, 0.15) is 49.0 Å². The summed E-state index contributed by atoms with van der Waals surface area (Å²) in [7, 11) is 0. The maximum absolute atomic E-state index is 13.7. The van der Waals surface area contributed by atoms with Crippen LogP contribution in [0.15, 0.2) is 125 Å². The predicted octanol–water partition coefficient (Wildman–Crippen LogP) is 8.80. The topological polar surface area (TPSA) is 124 Å². The van der Waals surface area contributed by atoms with Crippen LogP contribution in [0.25, 0.3) is 27.5 Å². The Morgan fingerprint density at radius 1 is 0.719 bits per heavy atom. The summed E-state index contributed by atoms with van der Waals surface area (Å²) in [5.41, 5.74) is 2.83. The molecule has 2 N–H and O–H groups in total. The van der Waals surface area contributed by atoms with Gasteiger partial charge in [-0.1, -0.05) is 47.6 Å². The van der Waals surface area contributed by atoms with Gasteiger partial charge in [0.25, 0.3) is 17.6 Å². The summed E-state index contributed by atoms with van der Waals surface area (Å²) in [6, 6.07) is 22.2. The number of hydrogen-bond donors (Lipinski definition) is 2. The molecule has 0 atom stereocenters. The number of fused-ring (bicyclic) bond motifs is 2. The summed E-state index contributed by atoms with van der Waals surface area (Å²) in [6.45, 7) is 2.12. The summed E-state index contributed by atoms with van der Waals surface area (Å²) in [5.74, 6) is -1.16. The summed E-state index contributed by atoms with van der Waals surface area (Å²) in [4.78, 5) is 26.7. The molecule has 17 heteroatoms. The minimum absolute atomic E-state index is 0.00148. The van der Waals surface area contributed by atoms with Crippen molar-refractivity contribution in [2.24, 2.45) is 0 Å². The van der Waals surface area contributed by atoms with Gasteiger partial charge in [-0.05, 0) is 52.7 Å². The van der Waals surface area contributed by atoms with Crippen LogP contribution >= 0.6 is 0 Å². The van der Waals surface area contributed by atoms with E-state index in [1.165, 1.54) is 30.7 Å². The van der Waals surface area contributed by atoms with Crippen molar-refractivity contribution in [1.29, 1.82) is 0 Å². The molecule has 4 aromatic carbocycles. The fourth-order valence-corrected chi connectivity index (χ4v) is 6.62. The number of amides is 2. The van der Waals surface area contributed by atoms with Gasteiger partial charge in [-0.15, -0.1) is 4.57 Å². The number of nitrogens with zero attached hydrogens (tertiary/aromatic N) is 5. The van der Waals surface area contributed by atoms with E-state index in [0.717, 1.165) is 36.0 Å². The SMILES string of the molecule is Cc1c(C(=O)Nc2cn(Cc3ccc(C(F)(F)F)cc3)c3ccccc23)oc[n+]1-c1ccc2c(c1)c(NC(=O)c1cnon1)cn2Cc1ccc(C(F)(F)F)cc1. The van der Waals surface area contributed by atoms with Gasteiger partial charge in [-0.25, -0.2) is 4.63 Å². The molecule has 11 nitrogen and oxygen atoms in total. The van der Waals surface area contributed by atoms with Crippen LogP contribution in [-0.2, 0) is 25.4 Å². The lowest BCUT2D eigenvalue weighted by Crippen LogP contribution is -2.32. The molecule has 0 aliphatic carbocycles. The van der Waals surface area contributed by atoms with E-state index in [2.05, 4.69) is 25.6 Å². The van der Waals surface area contributed by atoms with Crippen LogP contribution < -0.4 is 15.2 Å². The first-order valence-electron chi connectivity index (χ1n) is 17.2. The Labute approximate surface area is 317 Å². The Bertz CT molecular complexity index is 2760. The number of benzene rings is 4. The number of halogens is 6. The van der Waals surface area contributed by atoms with Crippen LogP contribution in [0.3, 0.4) is 0 Å². The van der Waals surface area contributed by atoms with Crippen LogP contribution in [0.4, 0.5) is 37.7 Å². The zero-order valence-corrected chi connectivity index (χ0v) is 29.5. The van der Waals surface area contributed by atoms with Crippen molar-refractivity contribution >= 4 is 45.0 Å². The van der Waals surface area contributed by atoms with E-state index >= 15 is 0 Å².